The van der Waals surface area contributed by atoms with Gasteiger partial charge in [0.2, 0.25) is 0 Å². The van der Waals surface area contributed by atoms with Crippen molar-refractivity contribution in [1.29, 1.82) is 0 Å². The third-order valence-corrected chi connectivity index (χ3v) is 5.70. The monoisotopic (exact) mass is 401 g/mol. The van der Waals surface area contributed by atoms with Crippen LogP contribution in [0.1, 0.15) is 39.2 Å². The molecular weight excluding hydrogens is 374 g/mol. The van der Waals surface area contributed by atoms with Gasteiger partial charge >= 0.3 is 11.6 Å². The standard InChI is InChI=1S/C22H27NO6/c1-5-15-12-19(24)29-18-13-16(6-7-17(15)18)28-14(2)20(25)23-10-8-22(3,9-11-23)21(26)27-4/h6-7,12-14H,5,8-11H2,1-4H3. The Labute approximate surface area is 169 Å². The summed E-state index contributed by atoms with van der Waals surface area (Å²) in [6.07, 6.45) is 1.13. The lowest BCUT2D eigenvalue weighted by Crippen LogP contribution is -2.49. The fourth-order valence-electron chi connectivity index (χ4n) is 3.76. The third kappa shape index (κ3) is 4.28. The van der Waals surface area contributed by atoms with Crippen LogP contribution < -0.4 is 10.4 Å². The molecule has 7 nitrogen and oxygen atoms in total. The summed E-state index contributed by atoms with van der Waals surface area (Å²) >= 11 is 0. The molecule has 1 atom stereocenters. The first-order chi connectivity index (χ1) is 13.8. The smallest absolute Gasteiger partial charge is 0.336 e. The molecule has 2 heterocycles. The van der Waals surface area contributed by atoms with Crippen LogP contribution in [0, 0.1) is 5.41 Å². The van der Waals surface area contributed by atoms with Crippen molar-refractivity contribution >= 4 is 22.8 Å². The lowest BCUT2D eigenvalue weighted by Gasteiger charge is -2.38. The average Bonchev–Trinajstić information content (AvgIpc) is 2.72. The highest BCUT2D eigenvalue weighted by molar-refractivity contribution is 5.83. The molecule has 1 fully saturated rings. The summed E-state index contributed by atoms with van der Waals surface area (Å²) < 4.78 is 16.0. The van der Waals surface area contributed by atoms with E-state index in [1.165, 1.54) is 13.2 Å². The summed E-state index contributed by atoms with van der Waals surface area (Å²) in [5.74, 6) is 0.0879. The van der Waals surface area contributed by atoms with Crippen molar-refractivity contribution in [3.63, 3.8) is 0 Å². The molecule has 29 heavy (non-hydrogen) atoms. The van der Waals surface area contributed by atoms with Crippen molar-refractivity contribution in [2.75, 3.05) is 20.2 Å². The van der Waals surface area contributed by atoms with Gasteiger partial charge in [0.1, 0.15) is 11.3 Å². The van der Waals surface area contributed by atoms with E-state index in [0.29, 0.717) is 37.3 Å². The van der Waals surface area contributed by atoms with E-state index in [2.05, 4.69) is 0 Å². The van der Waals surface area contributed by atoms with E-state index in [-0.39, 0.29) is 11.9 Å². The van der Waals surface area contributed by atoms with Gasteiger partial charge in [0.15, 0.2) is 6.10 Å². The first-order valence-corrected chi connectivity index (χ1v) is 9.88. The molecule has 1 aromatic carbocycles. The van der Waals surface area contributed by atoms with Gasteiger partial charge in [-0.2, -0.15) is 0 Å². The molecule has 1 aromatic heterocycles. The minimum Gasteiger partial charge on any atom is -0.481 e. The van der Waals surface area contributed by atoms with Crippen molar-refractivity contribution in [3.8, 4) is 5.75 Å². The van der Waals surface area contributed by atoms with Gasteiger partial charge in [0, 0.05) is 30.6 Å². The second-order valence-electron chi connectivity index (χ2n) is 7.74. The first kappa shape index (κ1) is 20.9. The molecule has 1 saturated heterocycles. The SMILES string of the molecule is CCc1cc(=O)oc2cc(OC(C)C(=O)N3CCC(C)(C(=O)OC)CC3)ccc12. The zero-order valence-electron chi connectivity index (χ0n) is 17.3. The van der Waals surface area contributed by atoms with Crippen LogP contribution in [0.5, 0.6) is 5.75 Å². The van der Waals surface area contributed by atoms with Crippen molar-refractivity contribution in [2.24, 2.45) is 5.41 Å². The average molecular weight is 401 g/mol. The van der Waals surface area contributed by atoms with E-state index in [9.17, 15) is 14.4 Å². The van der Waals surface area contributed by atoms with Crippen LogP contribution in [-0.4, -0.2) is 43.1 Å². The Kier molecular flexibility index (Phi) is 5.96. The molecule has 0 radical (unpaired) electrons. The Morgan fingerprint density at radius 1 is 1.24 bits per heavy atom. The highest BCUT2D eigenvalue weighted by Crippen LogP contribution is 2.32. The number of carbonyl (C=O) groups is 2. The van der Waals surface area contributed by atoms with Crippen LogP contribution in [0.15, 0.2) is 33.5 Å². The molecule has 0 aliphatic carbocycles. The number of benzene rings is 1. The number of nitrogens with zero attached hydrogens (tertiary/aromatic N) is 1. The van der Waals surface area contributed by atoms with E-state index < -0.39 is 17.1 Å². The van der Waals surface area contributed by atoms with Crippen LogP contribution in [0.25, 0.3) is 11.0 Å². The van der Waals surface area contributed by atoms with Crippen LogP contribution in [0.4, 0.5) is 0 Å². The molecular formula is C22H27NO6. The minimum absolute atomic E-state index is 0.138. The van der Waals surface area contributed by atoms with Crippen molar-refractivity contribution in [1.82, 2.24) is 4.90 Å². The molecule has 156 valence electrons. The topological polar surface area (TPSA) is 86.0 Å². The Morgan fingerprint density at radius 3 is 2.55 bits per heavy atom. The van der Waals surface area contributed by atoms with E-state index >= 15 is 0 Å². The highest BCUT2D eigenvalue weighted by Gasteiger charge is 2.39. The van der Waals surface area contributed by atoms with E-state index in [1.54, 1.807) is 24.0 Å². The molecule has 7 heteroatoms. The van der Waals surface area contributed by atoms with E-state index in [4.69, 9.17) is 13.9 Å². The maximum atomic E-state index is 12.8. The number of likely N-dealkylation sites (tertiary alicyclic amines) is 1. The molecule has 0 bridgehead atoms. The fourth-order valence-corrected chi connectivity index (χ4v) is 3.76. The Bertz CT molecular complexity index is 971. The summed E-state index contributed by atoms with van der Waals surface area (Å²) in [6.45, 7) is 6.49. The maximum absolute atomic E-state index is 12.8. The van der Waals surface area contributed by atoms with Crippen LogP contribution in [0.2, 0.25) is 0 Å². The van der Waals surface area contributed by atoms with Crippen molar-refractivity contribution < 1.29 is 23.5 Å². The van der Waals surface area contributed by atoms with Gasteiger partial charge in [0.25, 0.3) is 5.91 Å². The third-order valence-electron chi connectivity index (χ3n) is 5.70. The Balaban J connectivity index is 1.69. The fraction of sp³-hybridized carbons (Fsp3) is 0.500. The van der Waals surface area contributed by atoms with Gasteiger partial charge in [0.05, 0.1) is 12.5 Å². The molecule has 2 aromatic rings. The molecule has 0 spiro atoms. The lowest BCUT2D eigenvalue weighted by molar-refractivity contribution is -0.157. The molecule has 0 N–H and O–H groups in total. The Morgan fingerprint density at radius 2 is 1.93 bits per heavy atom. The van der Waals surface area contributed by atoms with Crippen LogP contribution in [0.3, 0.4) is 0 Å². The number of ether oxygens (including phenoxy) is 2. The van der Waals surface area contributed by atoms with Gasteiger partial charge in [-0.05, 0) is 50.8 Å². The summed E-state index contributed by atoms with van der Waals surface area (Å²) in [5.41, 5.74) is 0.396. The number of rotatable bonds is 5. The number of hydrogen-bond acceptors (Lipinski definition) is 6. The van der Waals surface area contributed by atoms with Gasteiger partial charge < -0.3 is 18.8 Å². The number of methoxy groups -OCH3 is 1. The summed E-state index contributed by atoms with van der Waals surface area (Å²) in [6, 6.07) is 6.75. The van der Waals surface area contributed by atoms with E-state index in [1.807, 2.05) is 19.9 Å². The maximum Gasteiger partial charge on any atom is 0.336 e. The van der Waals surface area contributed by atoms with Crippen LogP contribution in [-0.2, 0) is 20.7 Å². The number of hydrogen-bond donors (Lipinski definition) is 0. The number of aryl methyl sites for hydroxylation is 1. The van der Waals surface area contributed by atoms with Gasteiger partial charge in [-0.3, -0.25) is 9.59 Å². The molecule has 1 unspecified atom stereocenters. The summed E-state index contributed by atoms with van der Waals surface area (Å²) in [7, 11) is 1.39. The normalized spacial score (nSPS) is 17.0. The first-order valence-electron chi connectivity index (χ1n) is 9.88. The second-order valence-corrected chi connectivity index (χ2v) is 7.74. The number of esters is 1. The minimum atomic E-state index is -0.698. The van der Waals surface area contributed by atoms with Crippen LogP contribution >= 0.6 is 0 Å². The molecule has 1 aliphatic heterocycles. The number of piperidine rings is 1. The van der Waals surface area contributed by atoms with Gasteiger partial charge in [-0.15, -0.1) is 0 Å². The molecule has 0 saturated carbocycles. The van der Waals surface area contributed by atoms with Gasteiger partial charge in [-0.25, -0.2) is 4.79 Å². The second kappa shape index (κ2) is 8.27. The molecule has 3 rings (SSSR count). The van der Waals surface area contributed by atoms with Gasteiger partial charge in [-0.1, -0.05) is 6.92 Å². The van der Waals surface area contributed by atoms with E-state index in [0.717, 1.165) is 17.4 Å². The zero-order chi connectivity index (χ0) is 21.2. The Hall–Kier alpha value is -2.83. The predicted octanol–water partition coefficient (Wildman–Crippen LogP) is 2.92. The zero-order valence-corrected chi connectivity index (χ0v) is 17.3. The van der Waals surface area contributed by atoms with Crippen molar-refractivity contribution in [3.05, 3.63) is 40.2 Å². The molecule has 1 amide bonds. The summed E-state index contributed by atoms with van der Waals surface area (Å²) in [5, 5.41) is 0.858. The predicted molar refractivity (Wildman–Crippen MR) is 108 cm³/mol. The number of fused-ring (bicyclic) bond motifs is 1. The molecule has 1 aliphatic rings. The largest absolute Gasteiger partial charge is 0.481 e. The van der Waals surface area contributed by atoms with Crippen molar-refractivity contribution in [2.45, 2.75) is 46.1 Å². The summed E-state index contributed by atoms with van der Waals surface area (Å²) in [4.78, 5) is 38.2. The highest BCUT2D eigenvalue weighted by atomic mass is 16.5. The lowest BCUT2D eigenvalue weighted by atomic mass is 9.80. The quantitative estimate of drug-likeness (QED) is 0.566. The number of amides is 1. The number of carbonyl (C=O) groups excluding carboxylic acids is 2.